The molecule has 0 unspecified atom stereocenters. The normalized spacial score (nSPS) is 24.4. The van der Waals surface area contributed by atoms with Crippen LogP contribution in [-0.2, 0) is 14.3 Å². The number of carbonyl (C=O) groups is 2. The zero-order valence-corrected chi connectivity index (χ0v) is 14.2. The van der Waals surface area contributed by atoms with Crippen molar-refractivity contribution in [2.24, 2.45) is 17.8 Å². The van der Waals surface area contributed by atoms with Crippen molar-refractivity contribution in [3.63, 3.8) is 0 Å². The van der Waals surface area contributed by atoms with Crippen LogP contribution < -0.4 is 5.32 Å². The summed E-state index contributed by atoms with van der Waals surface area (Å²) in [4.78, 5) is 24.2. The summed E-state index contributed by atoms with van der Waals surface area (Å²) in [5.41, 5.74) is 0.743. The lowest BCUT2D eigenvalue weighted by molar-refractivity contribution is -0.148. The van der Waals surface area contributed by atoms with Gasteiger partial charge in [-0.25, -0.2) is 0 Å². The van der Waals surface area contributed by atoms with E-state index in [9.17, 15) is 9.59 Å². The van der Waals surface area contributed by atoms with Gasteiger partial charge in [0.15, 0.2) is 6.61 Å². The average molecular weight is 337 g/mol. The highest BCUT2D eigenvalue weighted by atomic mass is 16.5. The van der Waals surface area contributed by atoms with Crippen molar-refractivity contribution in [3.8, 4) is 0 Å². The Morgan fingerprint density at radius 1 is 1.04 bits per heavy atom. The summed E-state index contributed by atoms with van der Waals surface area (Å²) >= 11 is 0. The maximum absolute atomic E-state index is 12.1. The van der Waals surface area contributed by atoms with Crippen LogP contribution in [0.25, 0.3) is 10.8 Å². The summed E-state index contributed by atoms with van der Waals surface area (Å²) in [5, 5.41) is 4.89. The minimum atomic E-state index is -0.294. The van der Waals surface area contributed by atoms with Gasteiger partial charge in [0.2, 0.25) is 0 Å². The first-order chi connectivity index (χ1) is 12.2. The molecule has 0 aromatic heterocycles. The average Bonchev–Trinajstić information content (AvgIpc) is 3.23. The van der Waals surface area contributed by atoms with Crippen LogP contribution in [0.3, 0.4) is 0 Å². The van der Waals surface area contributed by atoms with Crippen LogP contribution in [0.4, 0.5) is 5.69 Å². The lowest BCUT2D eigenvalue weighted by Gasteiger charge is -2.20. The van der Waals surface area contributed by atoms with Gasteiger partial charge >= 0.3 is 5.97 Å². The maximum atomic E-state index is 12.1. The highest BCUT2D eigenvalue weighted by Crippen LogP contribution is 2.49. The van der Waals surface area contributed by atoms with Gasteiger partial charge in [0.05, 0.1) is 0 Å². The van der Waals surface area contributed by atoms with E-state index >= 15 is 0 Å². The fraction of sp³-hybridized carbons (Fsp3) is 0.429. The fourth-order valence-electron chi connectivity index (χ4n) is 4.57. The molecule has 2 aliphatic carbocycles. The van der Waals surface area contributed by atoms with Gasteiger partial charge in [-0.1, -0.05) is 42.8 Å². The number of ether oxygens (including phenoxy) is 1. The van der Waals surface area contributed by atoms with Gasteiger partial charge in [-0.2, -0.15) is 0 Å². The standard InChI is InChI=1S/C21H23NO3/c23-20(22-19-7-3-5-15-4-1-2-6-18(15)19)13-25-21(24)12-17-11-14-8-9-16(17)10-14/h1-7,14,16-17H,8-13H2,(H,22,23)/t14-,16+,17-/m0/s1. The third-order valence-electron chi connectivity index (χ3n) is 5.74. The van der Waals surface area contributed by atoms with Gasteiger partial charge in [0, 0.05) is 17.5 Å². The SMILES string of the molecule is O=C(COC(=O)C[C@@H]1C[C@H]2CC[C@@H]1C2)Nc1cccc2ccccc12. The zero-order valence-electron chi connectivity index (χ0n) is 14.2. The van der Waals surface area contributed by atoms with E-state index in [0.29, 0.717) is 18.3 Å². The summed E-state index contributed by atoms with van der Waals surface area (Å²) in [7, 11) is 0. The number of amides is 1. The summed E-state index contributed by atoms with van der Waals surface area (Å²) < 4.78 is 5.21. The summed E-state index contributed by atoms with van der Waals surface area (Å²) in [6.07, 6.45) is 5.47. The predicted molar refractivity (Wildman–Crippen MR) is 97.1 cm³/mol. The predicted octanol–water partition coefficient (Wildman–Crippen LogP) is 4.15. The number of anilines is 1. The lowest BCUT2D eigenvalue weighted by atomic mass is 9.86. The smallest absolute Gasteiger partial charge is 0.306 e. The van der Waals surface area contributed by atoms with Gasteiger partial charge in [0.1, 0.15) is 0 Å². The van der Waals surface area contributed by atoms with Crippen LogP contribution in [0.15, 0.2) is 42.5 Å². The largest absolute Gasteiger partial charge is 0.456 e. The molecule has 4 heteroatoms. The van der Waals surface area contributed by atoms with E-state index in [1.807, 2.05) is 42.5 Å². The number of esters is 1. The van der Waals surface area contributed by atoms with E-state index in [4.69, 9.17) is 4.74 Å². The number of fused-ring (bicyclic) bond motifs is 3. The van der Waals surface area contributed by atoms with Crippen molar-refractivity contribution in [3.05, 3.63) is 42.5 Å². The Balaban J connectivity index is 1.29. The number of hydrogen-bond donors (Lipinski definition) is 1. The molecule has 130 valence electrons. The summed E-state index contributed by atoms with van der Waals surface area (Å²) in [5.74, 6) is 1.44. The first-order valence-electron chi connectivity index (χ1n) is 9.12. The first kappa shape index (κ1) is 16.1. The quantitative estimate of drug-likeness (QED) is 0.834. The van der Waals surface area contributed by atoms with Crippen LogP contribution in [0, 0.1) is 17.8 Å². The highest BCUT2D eigenvalue weighted by molar-refractivity contribution is 6.02. The second-order valence-electron chi connectivity index (χ2n) is 7.37. The molecule has 0 radical (unpaired) electrons. The molecule has 2 aromatic carbocycles. The van der Waals surface area contributed by atoms with E-state index in [-0.39, 0.29) is 18.5 Å². The van der Waals surface area contributed by atoms with E-state index in [1.165, 1.54) is 19.3 Å². The van der Waals surface area contributed by atoms with Crippen LogP contribution in [0.2, 0.25) is 0 Å². The summed E-state index contributed by atoms with van der Waals surface area (Å²) in [6.45, 7) is -0.219. The molecule has 2 fully saturated rings. The molecular formula is C21H23NO3. The third-order valence-corrected chi connectivity index (χ3v) is 5.74. The Kier molecular flexibility index (Phi) is 4.43. The van der Waals surface area contributed by atoms with Gasteiger partial charge in [-0.05, 0) is 48.5 Å². The Bertz CT molecular complexity index is 795. The molecule has 4 nitrogen and oxygen atoms in total. The number of rotatable bonds is 5. The molecule has 1 amide bonds. The molecule has 2 bridgehead atoms. The number of nitrogens with one attached hydrogen (secondary N) is 1. The minimum absolute atomic E-state index is 0.219. The molecule has 2 aliphatic rings. The van der Waals surface area contributed by atoms with E-state index in [1.54, 1.807) is 0 Å². The second-order valence-corrected chi connectivity index (χ2v) is 7.37. The minimum Gasteiger partial charge on any atom is -0.456 e. The molecule has 2 saturated carbocycles. The maximum Gasteiger partial charge on any atom is 0.306 e. The van der Waals surface area contributed by atoms with E-state index in [2.05, 4.69) is 5.32 Å². The van der Waals surface area contributed by atoms with E-state index < -0.39 is 0 Å². The Hall–Kier alpha value is -2.36. The van der Waals surface area contributed by atoms with Crippen molar-refractivity contribution in [2.75, 3.05) is 11.9 Å². The van der Waals surface area contributed by atoms with Gasteiger partial charge in [-0.15, -0.1) is 0 Å². The van der Waals surface area contributed by atoms with Gasteiger partial charge < -0.3 is 10.1 Å². The van der Waals surface area contributed by atoms with Gasteiger partial charge in [-0.3, -0.25) is 9.59 Å². The number of hydrogen-bond acceptors (Lipinski definition) is 3. The molecule has 3 atom stereocenters. The number of carbonyl (C=O) groups excluding carboxylic acids is 2. The van der Waals surface area contributed by atoms with Crippen molar-refractivity contribution in [1.29, 1.82) is 0 Å². The molecule has 0 heterocycles. The highest BCUT2D eigenvalue weighted by Gasteiger charge is 2.40. The van der Waals surface area contributed by atoms with Crippen LogP contribution in [0.1, 0.15) is 32.1 Å². The van der Waals surface area contributed by atoms with Crippen molar-refractivity contribution < 1.29 is 14.3 Å². The first-order valence-corrected chi connectivity index (χ1v) is 9.12. The van der Waals surface area contributed by atoms with Crippen molar-refractivity contribution in [1.82, 2.24) is 0 Å². The topological polar surface area (TPSA) is 55.4 Å². The van der Waals surface area contributed by atoms with E-state index in [0.717, 1.165) is 28.8 Å². The Morgan fingerprint density at radius 2 is 1.88 bits per heavy atom. The van der Waals surface area contributed by atoms with Gasteiger partial charge in [0.25, 0.3) is 5.91 Å². The molecule has 0 saturated heterocycles. The van der Waals surface area contributed by atoms with Crippen LogP contribution >= 0.6 is 0 Å². The van der Waals surface area contributed by atoms with Crippen LogP contribution in [-0.4, -0.2) is 18.5 Å². The van der Waals surface area contributed by atoms with Crippen LogP contribution in [0.5, 0.6) is 0 Å². The second kappa shape index (κ2) is 6.87. The van der Waals surface area contributed by atoms with Crippen molar-refractivity contribution in [2.45, 2.75) is 32.1 Å². The van der Waals surface area contributed by atoms with Crippen molar-refractivity contribution >= 4 is 28.3 Å². The molecular weight excluding hydrogens is 314 g/mol. The zero-order chi connectivity index (χ0) is 17.2. The fourth-order valence-corrected chi connectivity index (χ4v) is 4.57. The molecule has 4 rings (SSSR count). The Labute approximate surface area is 147 Å². The monoisotopic (exact) mass is 337 g/mol. The molecule has 2 aromatic rings. The molecule has 0 aliphatic heterocycles. The molecule has 25 heavy (non-hydrogen) atoms. The summed E-state index contributed by atoms with van der Waals surface area (Å²) in [6, 6.07) is 13.6. The third kappa shape index (κ3) is 3.53. The molecule has 0 spiro atoms. The Morgan fingerprint density at radius 3 is 2.68 bits per heavy atom. The number of benzene rings is 2. The lowest BCUT2D eigenvalue weighted by Crippen LogP contribution is -2.23. The molecule has 1 N–H and O–H groups in total.